The average Bonchev–Trinajstić information content (AvgIpc) is 3.14. The molecule has 0 saturated heterocycles. The summed E-state index contributed by atoms with van der Waals surface area (Å²) in [5.41, 5.74) is 4.59. The van der Waals surface area contributed by atoms with Gasteiger partial charge in [0.2, 0.25) is 0 Å². The predicted molar refractivity (Wildman–Crippen MR) is 103 cm³/mol. The van der Waals surface area contributed by atoms with Crippen LogP contribution in [-0.2, 0) is 13.2 Å². The molecule has 0 bridgehead atoms. The molecule has 1 heterocycles. The molecule has 0 saturated carbocycles. The molecule has 26 heavy (non-hydrogen) atoms. The topological polar surface area (TPSA) is 44.1 Å². The first-order chi connectivity index (χ1) is 12.7. The monoisotopic (exact) mass is 348 g/mol. The van der Waals surface area contributed by atoms with Crippen molar-refractivity contribution < 1.29 is 9.53 Å². The molecule has 0 aliphatic heterocycles. The van der Waals surface area contributed by atoms with Gasteiger partial charge in [-0.25, -0.2) is 0 Å². The van der Waals surface area contributed by atoms with Gasteiger partial charge in [-0.05, 0) is 42.2 Å². The van der Waals surface area contributed by atoms with Crippen LogP contribution in [0.3, 0.4) is 0 Å². The van der Waals surface area contributed by atoms with Crippen LogP contribution >= 0.6 is 0 Å². The van der Waals surface area contributed by atoms with E-state index in [1.165, 1.54) is 0 Å². The number of aldehydes is 1. The smallest absolute Gasteiger partial charge is 0.153 e. The van der Waals surface area contributed by atoms with Crippen molar-refractivity contribution in [3.05, 3.63) is 71.5 Å². The maximum Gasteiger partial charge on any atom is 0.153 e. The number of unbranched alkanes of at least 4 members (excludes halogenated alkanes) is 1. The van der Waals surface area contributed by atoms with Crippen LogP contribution in [0.1, 0.15) is 41.3 Å². The van der Waals surface area contributed by atoms with Crippen LogP contribution in [-0.4, -0.2) is 16.1 Å². The van der Waals surface area contributed by atoms with Crippen LogP contribution in [0.15, 0.2) is 54.9 Å². The van der Waals surface area contributed by atoms with Gasteiger partial charge in [-0.15, -0.1) is 0 Å². The molecule has 134 valence electrons. The molecule has 0 aliphatic carbocycles. The number of hydrogen-bond acceptors (Lipinski definition) is 3. The van der Waals surface area contributed by atoms with Crippen LogP contribution in [0, 0.1) is 6.92 Å². The molecule has 0 aliphatic rings. The maximum absolute atomic E-state index is 11.6. The minimum absolute atomic E-state index is 0.441. The molecule has 3 aromatic rings. The molecule has 0 unspecified atom stereocenters. The summed E-state index contributed by atoms with van der Waals surface area (Å²) in [6.07, 6.45) is 6.98. The number of benzene rings is 2. The molecule has 0 N–H and O–H groups in total. The second-order valence-electron chi connectivity index (χ2n) is 6.45. The number of hydrogen-bond donors (Lipinski definition) is 0. The summed E-state index contributed by atoms with van der Waals surface area (Å²) in [5.74, 6) is 0.644. The van der Waals surface area contributed by atoms with Crippen molar-refractivity contribution in [2.75, 3.05) is 0 Å². The Labute approximate surface area is 154 Å². The molecule has 1 aromatic heterocycles. The van der Waals surface area contributed by atoms with Crippen molar-refractivity contribution in [3.8, 4) is 16.9 Å². The third-order valence-electron chi connectivity index (χ3n) is 4.36. The van der Waals surface area contributed by atoms with Crippen LogP contribution in [0.5, 0.6) is 5.75 Å². The number of aromatic nitrogens is 2. The maximum atomic E-state index is 11.6. The highest BCUT2D eigenvalue weighted by Gasteiger charge is 2.12. The number of carbonyl (C=O) groups excluding carboxylic acids is 1. The molecule has 0 fully saturated rings. The summed E-state index contributed by atoms with van der Waals surface area (Å²) < 4.78 is 7.89. The van der Waals surface area contributed by atoms with Crippen molar-refractivity contribution in [2.45, 2.75) is 39.8 Å². The van der Waals surface area contributed by atoms with E-state index in [-0.39, 0.29) is 0 Å². The highest BCUT2D eigenvalue weighted by atomic mass is 16.5. The number of rotatable bonds is 8. The van der Waals surface area contributed by atoms with E-state index >= 15 is 0 Å². The van der Waals surface area contributed by atoms with Gasteiger partial charge >= 0.3 is 0 Å². The third kappa shape index (κ3) is 4.20. The van der Waals surface area contributed by atoms with E-state index in [2.05, 4.69) is 18.1 Å². The highest BCUT2D eigenvalue weighted by Crippen LogP contribution is 2.30. The Bertz CT molecular complexity index is 869. The Hall–Kier alpha value is -2.88. The number of ether oxygens (including phenoxy) is 1. The van der Waals surface area contributed by atoms with Crippen molar-refractivity contribution in [1.29, 1.82) is 0 Å². The lowest BCUT2D eigenvalue weighted by Crippen LogP contribution is -2.01. The van der Waals surface area contributed by atoms with Crippen LogP contribution < -0.4 is 4.74 Å². The second kappa shape index (κ2) is 8.48. The van der Waals surface area contributed by atoms with Crippen LogP contribution in [0.25, 0.3) is 11.1 Å². The number of carbonyl (C=O) groups is 1. The van der Waals surface area contributed by atoms with Crippen molar-refractivity contribution in [1.82, 2.24) is 9.78 Å². The zero-order valence-electron chi connectivity index (χ0n) is 15.3. The Morgan fingerprint density at radius 2 is 1.96 bits per heavy atom. The van der Waals surface area contributed by atoms with Gasteiger partial charge < -0.3 is 4.74 Å². The second-order valence-corrected chi connectivity index (χ2v) is 6.45. The standard InChI is InChI=1S/C22H24N2O2/c1-3-4-10-24-14-21(13-23-24)19-11-17(2)22(20(12-19)15-25)26-16-18-8-6-5-7-9-18/h5-9,11-15H,3-4,10,16H2,1-2H3. The quantitative estimate of drug-likeness (QED) is 0.535. The van der Waals surface area contributed by atoms with E-state index < -0.39 is 0 Å². The first kappa shape index (κ1) is 17.9. The van der Waals surface area contributed by atoms with E-state index in [0.29, 0.717) is 17.9 Å². The van der Waals surface area contributed by atoms with Gasteiger partial charge in [-0.3, -0.25) is 9.48 Å². The molecule has 2 aromatic carbocycles. The number of nitrogens with zero attached hydrogens (tertiary/aromatic N) is 2. The largest absolute Gasteiger partial charge is 0.488 e. The number of aryl methyl sites for hydroxylation is 2. The Balaban J connectivity index is 1.82. The highest BCUT2D eigenvalue weighted by molar-refractivity contribution is 5.84. The molecule has 0 atom stereocenters. The van der Waals surface area contributed by atoms with Gasteiger partial charge in [0.1, 0.15) is 12.4 Å². The minimum atomic E-state index is 0.441. The van der Waals surface area contributed by atoms with Crippen molar-refractivity contribution in [2.24, 2.45) is 0 Å². The summed E-state index contributed by atoms with van der Waals surface area (Å²) in [6, 6.07) is 13.9. The lowest BCUT2D eigenvalue weighted by atomic mass is 10.0. The fourth-order valence-electron chi connectivity index (χ4n) is 2.94. The zero-order valence-corrected chi connectivity index (χ0v) is 15.3. The van der Waals surface area contributed by atoms with Gasteiger partial charge in [0, 0.05) is 18.3 Å². The van der Waals surface area contributed by atoms with Gasteiger partial charge in [0.15, 0.2) is 6.29 Å². The lowest BCUT2D eigenvalue weighted by Gasteiger charge is -2.13. The normalized spacial score (nSPS) is 10.7. The molecule has 3 rings (SSSR count). The fraction of sp³-hybridized carbons (Fsp3) is 0.273. The van der Waals surface area contributed by atoms with E-state index in [4.69, 9.17) is 4.74 Å². The van der Waals surface area contributed by atoms with Gasteiger partial charge in [0.25, 0.3) is 0 Å². The summed E-state index contributed by atoms with van der Waals surface area (Å²) in [6.45, 7) is 5.49. The third-order valence-corrected chi connectivity index (χ3v) is 4.36. The van der Waals surface area contributed by atoms with E-state index in [0.717, 1.165) is 47.9 Å². The molecule has 0 spiro atoms. The Morgan fingerprint density at radius 1 is 1.15 bits per heavy atom. The van der Waals surface area contributed by atoms with Gasteiger partial charge in [-0.2, -0.15) is 5.10 Å². The van der Waals surface area contributed by atoms with E-state index in [1.807, 2.05) is 60.4 Å². The van der Waals surface area contributed by atoms with Gasteiger partial charge in [-0.1, -0.05) is 43.7 Å². The predicted octanol–water partition coefficient (Wildman–Crippen LogP) is 5.05. The van der Waals surface area contributed by atoms with E-state index in [9.17, 15) is 4.79 Å². The Morgan fingerprint density at radius 3 is 2.69 bits per heavy atom. The molecule has 4 heteroatoms. The summed E-state index contributed by atoms with van der Waals surface area (Å²) >= 11 is 0. The zero-order chi connectivity index (χ0) is 18.4. The van der Waals surface area contributed by atoms with Gasteiger partial charge in [0.05, 0.1) is 11.8 Å². The van der Waals surface area contributed by atoms with Crippen LogP contribution in [0.2, 0.25) is 0 Å². The van der Waals surface area contributed by atoms with Crippen molar-refractivity contribution >= 4 is 6.29 Å². The molecule has 0 amide bonds. The summed E-state index contributed by atoms with van der Waals surface area (Å²) in [7, 11) is 0. The molecular formula is C22H24N2O2. The average molecular weight is 348 g/mol. The summed E-state index contributed by atoms with van der Waals surface area (Å²) in [4.78, 5) is 11.6. The Kier molecular flexibility index (Phi) is 5.84. The van der Waals surface area contributed by atoms with E-state index in [1.54, 1.807) is 0 Å². The first-order valence-electron chi connectivity index (χ1n) is 9.00. The SMILES string of the molecule is CCCCn1cc(-c2cc(C)c(OCc3ccccc3)c(C=O)c2)cn1. The van der Waals surface area contributed by atoms with Crippen LogP contribution in [0.4, 0.5) is 0 Å². The summed E-state index contributed by atoms with van der Waals surface area (Å²) in [5, 5.41) is 4.41. The lowest BCUT2D eigenvalue weighted by molar-refractivity contribution is 0.111. The molecular weight excluding hydrogens is 324 g/mol. The van der Waals surface area contributed by atoms with Crippen molar-refractivity contribution in [3.63, 3.8) is 0 Å². The fourth-order valence-corrected chi connectivity index (χ4v) is 2.94. The molecule has 4 nitrogen and oxygen atoms in total. The minimum Gasteiger partial charge on any atom is -0.488 e. The first-order valence-corrected chi connectivity index (χ1v) is 9.00. The molecule has 0 radical (unpaired) electrons.